The predicted octanol–water partition coefficient (Wildman–Crippen LogP) is 3.03. The van der Waals surface area contributed by atoms with Gasteiger partial charge in [-0.3, -0.25) is 9.78 Å². The minimum atomic E-state index is -0.376. The Bertz CT molecular complexity index is 947. The Kier molecular flexibility index (Phi) is 3.23. The minimum Gasteiger partial charge on any atom is -0.392 e. The van der Waals surface area contributed by atoms with Crippen LogP contribution in [0.3, 0.4) is 0 Å². The maximum absolute atomic E-state index is 14.6. The fraction of sp³-hybridized carbons (Fsp3) is 0.222. The molecule has 0 aliphatic heterocycles. The fourth-order valence-corrected chi connectivity index (χ4v) is 3.03. The molecule has 23 heavy (non-hydrogen) atoms. The third kappa shape index (κ3) is 2.33. The standard InChI is InChI=1S/C18H15FN2O2/c19-16-8-15-12(10-22)7-18(23)21(13-1-2-13)17(15)9-14(16)11-3-5-20-6-4-11/h3-9,13,22H,1-2,10H2. The van der Waals surface area contributed by atoms with Crippen molar-refractivity contribution in [3.8, 4) is 11.1 Å². The van der Waals surface area contributed by atoms with Crippen molar-refractivity contribution in [2.45, 2.75) is 25.5 Å². The number of halogens is 1. The molecule has 0 amide bonds. The van der Waals surface area contributed by atoms with Crippen LogP contribution in [0, 0.1) is 5.82 Å². The summed E-state index contributed by atoms with van der Waals surface area (Å²) < 4.78 is 16.3. The second kappa shape index (κ2) is 5.28. The van der Waals surface area contributed by atoms with Crippen LogP contribution < -0.4 is 5.56 Å². The molecule has 2 heterocycles. The third-order valence-electron chi connectivity index (χ3n) is 4.30. The predicted molar refractivity (Wildman–Crippen MR) is 85.6 cm³/mol. The number of aliphatic hydroxyl groups is 1. The van der Waals surface area contributed by atoms with Gasteiger partial charge in [0.05, 0.1) is 12.1 Å². The second-order valence-corrected chi connectivity index (χ2v) is 5.85. The summed E-state index contributed by atoms with van der Waals surface area (Å²) >= 11 is 0. The lowest BCUT2D eigenvalue weighted by atomic mass is 10.0. The average Bonchev–Trinajstić information content (AvgIpc) is 3.39. The van der Waals surface area contributed by atoms with Gasteiger partial charge >= 0.3 is 0 Å². The van der Waals surface area contributed by atoms with E-state index < -0.39 is 0 Å². The third-order valence-corrected chi connectivity index (χ3v) is 4.30. The van der Waals surface area contributed by atoms with E-state index in [-0.39, 0.29) is 24.0 Å². The Morgan fingerprint density at radius 2 is 1.96 bits per heavy atom. The van der Waals surface area contributed by atoms with E-state index in [1.54, 1.807) is 35.2 Å². The van der Waals surface area contributed by atoms with Gasteiger partial charge in [0.15, 0.2) is 0 Å². The van der Waals surface area contributed by atoms with Crippen LogP contribution in [0.4, 0.5) is 4.39 Å². The van der Waals surface area contributed by atoms with E-state index in [4.69, 9.17) is 0 Å². The van der Waals surface area contributed by atoms with Crippen LogP contribution in [0.15, 0.2) is 47.5 Å². The molecule has 0 atom stereocenters. The highest BCUT2D eigenvalue weighted by molar-refractivity contribution is 5.87. The van der Waals surface area contributed by atoms with Crippen LogP contribution in [-0.2, 0) is 6.61 Å². The van der Waals surface area contributed by atoms with E-state index in [0.717, 1.165) is 12.8 Å². The summed E-state index contributed by atoms with van der Waals surface area (Å²) in [6.45, 7) is -0.286. The molecule has 1 aliphatic rings. The molecule has 0 saturated heterocycles. The minimum absolute atomic E-state index is 0.142. The van der Waals surface area contributed by atoms with Crippen molar-refractivity contribution >= 4 is 10.9 Å². The molecular formula is C18H15FN2O2. The quantitative estimate of drug-likeness (QED) is 0.809. The van der Waals surface area contributed by atoms with Crippen molar-refractivity contribution in [3.05, 3.63) is 64.5 Å². The normalized spacial score (nSPS) is 14.3. The van der Waals surface area contributed by atoms with Crippen molar-refractivity contribution in [2.75, 3.05) is 0 Å². The van der Waals surface area contributed by atoms with Crippen LogP contribution in [-0.4, -0.2) is 14.7 Å². The molecule has 1 aromatic carbocycles. The number of aromatic nitrogens is 2. The van der Waals surface area contributed by atoms with Gasteiger partial charge in [0.2, 0.25) is 0 Å². The van der Waals surface area contributed by atoms with Crippen molar-refractivity contribution in [1.29, 1.82) is 0 Å². The molecule has 1 fully saturated rings. The summed E-state index contributed by atoms with van der Waals surface area (Å²) in [5.74, 6) is -0.376. The van der Waals surface area contributed by atoms with Gasteiger partial charge in [0.25, 0.3) is 5.56 Å². The van der Waals surface area contributed by atoms with Gasteiger partial charge < -0.3 is 9.67 Å². The Morgan fingerprint density at radius 3 is 2.61 bits per heavy atom. The second-order valence-electron chi connectivity index (χ2n) is 5.85. The molecule has 0 radical (unpaired) electrons. The van der Waals surface area contributed by atoms with Gasteiger partial charge in [-0.2, -0.15) is 0 Å². The summed E-state index contributed by atoms with van der Waals surface area (Å²) in [5.41, 5.74) is 2.14. The number of rotatable bonds is 3. The van der Waals surface area contributed by atoms with Gasteiger partial charge in [-0.05, 0) is 48.2 Å². The lowest BCUT2D eigenvalue weighted by Gasteiger charge is -2.14. The van der Waals surface area contributed by atoms with Crippen LogP contribution in [0.5, 0.6) is 0 Å². The summed E-state index contributed by atoms with van der Waals surface area (Å²) in [6, 6.07) is 8.17. The molecule has 1 aliphatic carbocycles. The first-order valence-electron chi connectivity index (χ1n) is 7.58. The van der Waals surface area contributed by atoms with Crippen molar-refractivity contribution in [2.24, 2.45) is 0 Å². The van der Waals surface area contributed by atoms with Crippen molar-refractivity contribution in [3.63, 3.8) is 0 Å². The molecule has 1 N–H and O–H groups in total. The van der Waals surface area contributed by atoms with Gasteiger partial charge in [0.1, 0.15) is 5.82 Å². The van der Waals surface area contributed by atoms with Gasteiger partial charge in [-0.15, -0.1) is 0 Å². The lowest BCUT2D eigenvalue weighted by molar-refractivity contribution is 0.283. The van der Waals surface area contributed by atoms with Crippen molar-refractivity contribution < 1.29 is 9.50 Å². The Balaban J connectivity index is 2.07. The number of aliphatic hydroxyl groups excluding tert-OH is 1. The molecular weight excluding hydrogens is 295 g/mol. The number of fused-ring (bicyclic) bond motifs is 1. The lowest BCUT2D eigenvalue weighted by Crippen LogP contribution is -2.20. The zero-order valence-corrected chi connectivity index (χ0v) is 12.4. The molecule has 4 rings (SSSR count). The average molecular weight is 310 g/mol. The molecule has 0 bridgehead atoms. The summed E-state index contributed by atoms with van der Waals surface area (Å²) in [7, 11) is 0. The molecule has 4 nitrogen and oxygen atoms in total. The van der Waals surface area contributed by atoms with Crippen molar-refractivity contribution in [1.82, 2.24) is 9.55 Å². The number of hydrogen-bond donors (Lipinski definition) is 1. The monoisotopic (exact) mass is 310 g/mol. The molecule has 3 aromatic rings. The molecule has 0 unspecified atom stereocenters. The highest BCUT2D eigenvalue weighted by Crippen LogP contribution is 2.37. The van der Waals surface area contributed by atoms with Gasteiger partial charge in [-0.1, -0.05) is 0 Å². The maximum atomic E-state index is 14.6. The number of benzene rings is 1. The van der Waals surface area contributed by atoms with Gasteiger partial charge in [0, 0.05) is 35.5 Å². The van der Waals surface area contributed by atoms with E-state index in [1.165, 1.54) is 12.1 Å². The van der Waals surface area contributed by atoms with E-state index in [0.29, 0.717) is 27.6 Å². The Morgan fingerprint density at radius 1 is 1.22 bits per heavy atom. The number of pyridine rings is 2. The zero-order chi connectivity index (χ0) is 16.0. The SMILES string of the molecule is O=c1cc(CO)c2cc(F)c(-c3ccncc3)cc2n1C1CC1. The van der Waals surface area contributed by atoms with E-state index in [2.05, 4.69) is 4.98 Å². The summed E-state index contributed by atoms with van der Waals surface area (Å²) in [5, 5.41) is 10.1. The zero-order valence-electron chi connectivity index (χ0n) is 12.4. The number of nitrogens with zero attached hydrogens (tertiary/aromatic N) is 2. The van der Waals surface area contributed by atoms with E-state index in [9.17, 15) is 14.3 Å². The van der Waals surface area contributed by atoms with E-state index >= 15 is 0 Å². The molecule has 5 heteroatoms. The maximum Gasteiger partial charge on any atom is 0.251 e. The first-order valence-corrected chi connectivity index (χ1v) is 7.58. The molecule has 1 saturated carbocycles. The van der Waals surface area contributed by atoms with Crippen LogP contribution in [0.25, 0.3) is 22.0 Å². The van der Waals surface area contributed by atoms with Crippen LogP contribution in [0.1, 0.15) is 24.4 Å². The van der Waals surface area contributed by atoms with E-state index in [1.807, 2.05) is 0 Å². The summed E-state index contributed by atoms with van der Waals surface area (Å²) in [4.78, 5) is 16.3. The number of hydrogen-bond acceptors (Lipinski definition) is 3. The van der Waals surface area contributed by atoms with Gasteiger partial charge in [-0.25, -0.2) is 4.39 Å². The fourth-order valence-electron chi connectivity index (χ4n) is 3.03. The highest BCUT2D eigenvalue weighted by Gasteiger charge is 2.27. The van der Waals surface area contributed by atoms with Crippen LogP contribution >= 0.6 is 0 Å². The smallest absolute Gasteiger partial charge is 0.251 e. The first-order chi connectivity index (χ1) is 11.2. The van der Waals surface area contributed by atoms with Crippen LogP contribution in [0.2, 0.25) is 0 Å². The Hall–Kier alpha value is -2.53. The topological polar surface area (TPSA) is 55.1 Å². The Labute approximate surface area is 131 Å². The summed E-state index contributed by atoms with van der Waals surface area (Å²) in [6.07, 6.45) is 5.12. The largest absolute Gasteiger partial charge is 0.392 e. The molecule has 116 valence electrons. The first kappa shape index (κ1) is 14.1. The molecule has 0 spiro atoms. The molecule has 2 aromatic heterocycles. The highest BCUT2D eigenvalue weighted by atomic mass is 19.1.